The van der Waals surface area contributed by atoms with Gasteiger partial charge in [-0.25, -0.2) is 0 Å². The van der Waals surface area contributed by atoms with E-state index in [1.165, 1.54) is 6.07 Å². The predicted octanol–water partition coefficient (Wildman–Crippen LogP) is -1.25. The third-order valence-corrected chi connectivity index (χ3v) is 4.94. The Kier molecular flexibility index (Phi) is 4.11. The van der Waals surface area contributed by atoms with Crippen molar-refractivity contribution in [2.24, 2.45) is 5.92 Å². The number of piperidine rings is 1. The fourth-order valence-electron chi connectivity index (χ4n) is 3.32. The van der Waals surface area contributed by atoms with Gasteiger partial charge >= 0.3 is 0 Å². The molecule has 10 nitrogen and oxygen atoms in total. The van der Waals surface area contributed by atoms with Gasteiger partial charge in [0.15, 0.2) is 0 Å². The first-order chi connectivity index (χ1) is 13.0. The van der Waals surface area contributed by atoms with Gasteiger partial charge in [0.25, 0.3) is 11.8 Å². The monoisotopic (exact) mass is 371 g/mol. The molecule has 1 aromatic rings. The van der Waals surface area contributed by atoms with E-state index in [0.717, 1.165) is 4.90 Å². The Morgan fingerprint density at radius 2 is 1.89 bits per heavy atom. The van der Waals surface area contributed by atoms with Crippen LogP contribution in [-0.2, 0) is 14.4 Å². The summed E-state index contributed by atoms with van der Waals surface area (Å²) in [6, 6.07) is 3.61. The van der Waals surface area contributed by atoms with E-state index in [9.17, 15) is 24.0 Å². The molecule has 3 heterocycles. The summed E-state index contributed by atoms with van der Waals surface area (Å²) in [5.74, 6) is -2.68. The van der Waals surface area contributed by atoms with Gasteiger partial charge in [-0.15, -0.1) is 0 Å². The standard InChI is InChI=1S/C17H17N5O5/c23-12-5-4-11(15(25)19-12)22-16(26)9-2-1-3-10(13(9)17(22)27)20-21-14(24)8-6-18-7-8/h1-3,8,11,18,20H,4-7H2,(H,21,24)(H,19,23,25). The molecule has 2 saturated heterocycles. The molecule has 3 aliphatic rings. The molecule has 5 amide bonds. The highest BCUT2D eigenvalue weighted by Gasteiger charge is 2.45. The van der Waals surface area contributed by atoms with E-state index in [-0.39, 0.29) is 41.5 Å². The first-order valence-electron chi connectivity index (χ1n) is 8.58. The molecule has 0 aromatic heterocycles. The average Bonchev–Trinajstić information content (AvgIpc) is 2.84. The van der Waals surface area contributed by atoms with Gasteiger partial charge in [-0.05, 0) is 18.6 Å². The van der Waals surface area contributed by atoms with E-state index in [1.54, 1.807) is 12.1 Å². The number of carbonyl (C=O) groups is 5. The lowest BCUT2D eigenvalue weighted by atomic mass is 10.0. The van der Waals surface area contributed by atoms with Crippen LogP contribution in [0.5, 0.6) is 0 Å². The quantitative estimate of drug-likeness (QED) is 0.383. The maximum Gasteiger partial charge on any atom is 0.264 e. The largest absolute Gasteiger partial charge is 0.315 e. The van der Waals surface area contributed by atoms with Crippen molar-refractivity contribution in [1.29, 1.82) is 0 Å². The summed E-state index contributed by atoms with van der Waals surface area (Å²) in [6.07, 6.45) is 0.144. The molecule has 1 unspecified atom stereocenters. The summed E-state index contributed by atoms with van der Waals surface area (Å²) < 4.78 is 0. The van der Waals surface area contributed by atoms with Gasteiger partial charge in [0.1, 0.15) is 6.04 Å². The SMILES string of the molecule is O=C1CCC(N2C(=O)c3cccc(NNC(=O)C4CNC4)c3C2=O)C(=O)N1. The lowest BCUT2D eigenvalue weighted by Crippen LogP contribution is -2.54. The highest BCUT2D eigenvalue weighted by Crippen LogP contribution is 2.32. The van der Waals surface area contributed by atoms with Crippen LogP contribution >= 0.6 is 0 Å². The summed E-state index contributed by atoms with van der Waals surface area (Å²) >= 11 is 0. The zero-order valence-corrected chi connectivity index (χ0v) is 14.2. The van der Waals surface area contributed by atoms with E-state index < -0.39 is 29.7 Å². The van der Waals surface area contributed by atoms with Gasteiger partial charge in [-0.2, -0.15) is 0 Å². The fourth-order valence-corrected chi connectivity index (χ4v) is 3.32. The van der Waals surface area contributed by atoms with Crippen molar-refractivity contribution >= 4 is 35.2 Å². The minimum atomic E-state index is -1.03. The van der Waals surface area contributed by atoms with E-state index in [2.05, 4.69) is 21.5 Å². The lowest BCUT2D eigenvalue weighted by molar-refractivity contribution is -0.136. The van der Waals surface area contributed by atoms with Gasteiger partial charge in [-0.1, -0.05) is 6.07 Å². The molecule has 4 N–H and O–H groups in total. The number of hydrazine groups is 1. The van der Waals surface area contributed by atoms with Crippen LogP contribution in [-0.4, -0.2) is 53.6 Å². The van der Waals surface area contributed by atoms with Gasteiger partial charge in [0, 0.05) is 19.5 Å². The molecule has 10 heteroatoms. The second kappa shape index (κ2) is 6.47. The van der Waals surface area contributed by atoms with Crippen LogP contribution in [0.25, 0.3) is 0 Å². The Morgan fingerprint density at radius 1 is 1.11 bits per heavy atom. The maximum atomic E-state index is 12.9. The van der Waals surface area contributed by atoms with Gasteiger partial charge < -0.3 is 5.32 Å². The molecule has 4 rings (SSSR count). The number of carbonyl (C=O) groups excluding carboxylic acids is 5. The van der Waals surface area contributed by atoms with E-state index in [1.807, 2.05) is 0 Å². The fraction of sp³-hybridized carbons (Fsp3) is 0.353. The molecule has 2 fully saturated rings. The van der Waals surface area contributed by atoms with Gasteiger partial charge in [0.2, 0.25) is 17.7 Å². The molecule has 3 aliphatic heterocycles. The molecule has 1 atom stereocenters. The molecule has 27 heavy (non-hydrogen) atoms. The van der Waals surface area contributed by atoms with Crippen LogP contribution < -0.4 is 21.5 Å². The van der Waals surface area contributed by atoms with Crippen LogP contribution in [0.4, 0.5) is 5.69 Å². The lowest BCUT2D eigenvalue weighted by Gasteiger charge is -2.28. The Labute approximate surface area is 153 Å². The zero-order chi connectivity index (χ0) is 19.1. The Hall–Kier alpha value is -3.27. The minimum Gasteiger partial charge on any atom is -0.315 e. The first-order valence-corrected chi connectivity index (χ1v) is 8.58. The summed E-state index contributed by atoms with van der Waals surface area (Å²) in [4.78, 5) is 61.9. The predicted molar refractivity (Wildman–Crippen MR) is 91.2 cm³/mol. The number of nitrogens with one attached hydrogen (secondary N) is 4. The molecular formula is C17H17N5O5. The highest BCUT2D eigenvalue weighted by atomic mass is 16.2. The second-order valence-corrected chi connectivity index (χ2v) is 6.64. The summed E-state index contributed by atoms with van der Waals surface area (Å²) in [5, 5.41) is 5.14. The molecule has 0 radical (unpaired) electrons. The number of fused-ring (bicyclic) bond motifs is 1. The molecule has 0 spiro atoms. The van der Waals surface area contributed by atoms with Crippen LogP contribution in [0.2, 0.25) is 0 Å². The van der Waals surface area contributed by atoms with Crippen LogP contribution in [0.15, 0.2) is 18.2 Å². The Bertz CT molecular complexity index is 878. The summed E-state index contributed by atoms with van der Waals surface area (Å²) in [6.45, 7) is 1.17. The zero-order valence-electron chi connectivity index (χ0n) is 14.2. The summed E-state index contributed by atoms with van der Waals surface area (Å²) in [7, 11) is 0. The van der Waals surface area contributed by atoms with E-state index in [4.69, 9.17) is 0 Å². The smallest absolute Gasteiger partial charge is 0.264 e. The van der Waals surface area contributed by atoms with E-state index in [0.29, 0.717) is 13.1 Å². The van der Waals surface area contributed by atoms with Crippen LogP contribution in [0.1, 0.15) is 33.6 Å². The molecule has 0 bridgehead atoms. The summed E-state index contributed by atoms with van der Waals surface area (Å²) in [5.41, 5.74) is 5.77. The van der Waals surface area contributed by atoms with E-state index >= 15 is 0 Å². The number of anilines is 1. The van der Waals surface area contributed by atoms with Crippen molar-refractivity contribution in [3.05, 3.63) is 29.3 Å². The molecule has 140 valence electrons. The number of hydrogen-bond acceptors (Lipinski definition) is 7. The number of benzene rings is 1. The normalized spacial score (nSPS) is 22.2. The van der Waals surface area contributed by atoms with Crippen molar-refractivity contribution in [2.45, 2.75) is 18.9 Å². The number of nitrogens with zero attached hydrogens (tertiary/aromatic N) is 1. The third-order valence-electron chi connectivity index (χ3n) is 4.94. The van der Waals surface area contributed by atoms with Crippen molar-refractivity contribution in [3.8, 4) is 0 Å². The van der Waals surface area contributed by atoms with Crippen molar-refractivity contribution in [2.75, 3.05) is 18.5 Å². The molecule has 1 aromatic carbocycles. The highest BCUT2D eigenvalue weighted by molar-refractivity contribution is 6.25. The van der Waals surface area contributed by atoms with Crippen LogP contribution in [0.3, 0.4) is 0 Å². The first kappa shape index (κ1) is 17.2. The topological polar surface area (TPSA) is 137 Å². The number of amides is 5. The third kappa shape index (κ3) is 2.83. The second-order valence-electron chi connectivity index (χ2n) is 6.64. The van der Waals surface area contributed by atoms with Crippen molar-refractivity contribution < 1.29 is 24.0 Å². The van der Waals surface area contributed by atoms with Crippen molar-refractivity contribution in [3.63, 3.8) is 0 Å². The van der Waals surface area contributed by atoms with Gasteiger partial charge in [-0.3, -0.25) is 45.0 Å². The molecular weight excluding hydrogens is 354 g/mol. The van der Waals surface area contributed by atoms with Gasteiger partial charge in [0.05, 0.1) is 22.7 Å². The Balaban J connectivity index is 1.56. The number of hydrogen-bond donors (Lipinski definition) is 4. The Morgan fingerprint density at radius 3 is 2.56 bits per heavy atom. The van der Waals surface area contributed by atoms with Crippen molar-refractivity contribution in [1.82, 2.24) is 21.0 Å². The maximum absolute atomic E-state index is 12.9. The van der Waals surface area contributed by atoms with Crippen LogP contribution in [0, 0.1) is 5.92 Å². The molecule has 0 saturated carbocycles. The number of imide groups is 2. The average molecular weight is 371 g/mol. The number of rotatable bonds is 4. The minimum absolute atomic E-state index is 0.0560. The molecule has 0 aliphatic carbocycles.